The van der Waals surface area contributed by atoms with Gasteiger partial charge >= 0.3 is 11.9 Å². The van der Waals surface area contributed by atoms with Crippen LogP contribution in [0.2, 0.25) is 0 Å². The molecule has 0 bridgehead atoms. The van der Waals surface area contributed by atoms with E-state index in [2.05, 4.69) is 5.32 Å². The van der Waals surface area contributed by atoms with Crippen LogP contribution in [0.4, 0.5) is 0 Å². The minimum Gasteiger partial charge on any atom is -0.480 e. The van der Waals surface area contributed by atoms with Gasteiger partial charge in [-0.15, -0.1) is 12.4 Å². The van der Waals surface area contributed by atoms with E-state index in [0.717, 1.165) is 16.7 Å². The smallest absolute Gasteiger partial charge is 0.326 e. The lowest BCUT2D eigenvalue weighted by atomic mass is 9.93. The van der Waals surface area contributed by atoms with E-state index in [9.17, 15) is 19.5 Å². The Hall–Kier alpha value is -2.90. The first-order chi connectivity index (χ1) is 15.4. The van der Waals surface area contributed by atoms with E-state index in [0.29, 0.717) is 12.8 Å². The molecule has 0 aliphatic carbocycles. The van der Waals surface area contributed by atoms with Crippen molar-refractivity contribution in [2.24, 2.45) is 0 Å². The number of nitrogens with one attached hydrogen (secondary N) is 1. The molecular formula is C25H31ClN2O5. The molecule has 1 heterocycles. The molecule has 2 aromatic rings. The van der Waals surface area contributed by atoms with Crippen LogP contribution in [0.15, 0.2) is 54.6 Å². The highest BCUT2D eigenvalue weighted by molar-refractivity contribution is 5.88. The fraction of sp³-hybridized carbons (Fsp3) is 0.400. The van der Waals surface area contributed by atoms with E-state index in [1.54, 1.807) is 13.8 Å². The van der Waals surface area contributed by atoms with Crippen LogP contribution in [0.3, 0.4) is 0 Å². The van der Waals surface area contributed by atoms with Gasteiger partial charge in [0.25, 0.3) is 0 Å². The minimum absolute atomic E-state index is 0. The van der Waals surface area contributed by atoms with E-state index < -0.39 is 30.1 Å². The third kappa shape index (κ3) is 6.79. The molecule has 1 unspecified atom stereocenters. The molecule has 33 heavy (non-hydrogen) atoms. The Labute approximate surface area is 200 Å². The Balaban J connectivity index is 0.00000385. The molecule has 1 amide bonds. The number of fused-ring (bicyclic) bond motifs is 1. The fourth-order valence-electron chi connectivity index (χ4n) is 4.06. The molecule has 2 aromatic carbocycles. The first-order valence-corrected chi connectivity index (χ1v) is 11.0. The summed E-state index contributed by atoms with van der Waals surface area (Å²) < 4.78 is 5.20. The Morgan fingerprint density at radius 3 is 2.36 bits per heavy atom. The van der Waals surface area contributed by atoms with E-state index >= 15 is 0 Å². The van der Waals surface area contributed by atoms with Crippen LogP contribution in [0.5, 0.6) is 0 Å². The van der Waals surface area contributed by atoms with E-state index in [-0.39, 0.29) is 37.9 Å². The maximum Gasteiger partial charge on any atom is 0.326 e. The number of nitrogens with zero attached hydrogens (tertiary/aromatic N) is 1. The number of aliphatic carboxylic acids is 1. The van der Waals surface area contributed by atoms with Crippen molar-refractivity contribution in [2.45, 2.75) is 57.8 Å². The van der Waals surface area contributed by atoms with Gasteiger partial charge in [-0.05, 0) is 43.4 Å². The number of ether oxygens (including phenoxy) is 1. The molecule has 2 N–H and O–H groups in total. The molecule has 1 aliphatic heterocycles. The lowest BCUT2D eigenvalue weighted by molar-refractivity contribution is -0.153. The molecule has 0 radical (unpaired) electrons. The number of benzene rings is 2. The SMILES string of the molecule is CCOC(=O)C(CCc1ccccc1)N[C@@H](C)C(=O)N1Cc2ccccc2C[C@H]1C(=O)O.Cl. The van der Waals surface area contributed by atoms with Gasteiger partial charge in [0, 0.05) is 13.0 Å². The zero-order valence-corrected chi connectivity index (χ0v) is 19.7. The van der Waals surface area contributed by atoms with Crippen LogP contribution >= 0.6 is 12.4 Å². The standard InChI is InChI=1S/C25H30N2O5.ClH/c1-3-32-25(31)21(14-13-18-9-5-4-6-10-18)26-17(2)23(28)27-16-20-12-8-7-11-19(20)15-22(27)24(29)30;/h4-12,17,21-22,26H,3,13-16H2,1-2H3,(H,29,30);1H/t17-,21?,22-;/m0./s1. The predicted octanol–water partition coefficient (Wildman–Crippen LogP) is 2.99. The molecule has 8 heteroatoms. The molecular weight excluding hydrogens is 444 g/mol. The number of aryl methyl sites for hydroxylation is 1. The number of esters is 1. The van der Waals surface area contributed by atoms with Gasteiger partial charge in [-0.2, -0.15) is 0 Å². The maximum absolute atomic E-state index is 13.3. The number of carboxylic acid groups (broad SMARTS) is 1. The zero-order valence-electron chi connectivity index (χ0n) is 18.9. The van der Waals surface area contributed by atoms with Crippen LogP contribution in [0.1, 0.15) is 37.0 Å². The van der Waals surface area contributed by atoms with Gasteiger partial charge in [-0.1, -0.05) is 54.6 Å². The molecule has 0 spiro atoms. The number of hydrogen-bond donors (Lipinski definition) is 2. The van der Waals surface area contributed by atoms with Gasteiger partial charge in [-0.3, -0.25) is 14.9 Å². The second-order valence-electron chi connectivity index (χ2n) is 8.01. The Kier molecular flexibility index (Phi) is 9.88. The summed E-state index contributed by atoms with van der Waals surface area (Å²) in [4.78, 5) is 39.1. The third-order valence-electron chi connectivity index (χ3n) is 5.77. The monoisotopic (exact) mass is 474 g/mol. The van der Waals surface area contributed by atoms with Crippen molar-refractivity contribution in [3.8, 4) is 0 Å². The lowest BCUT2D eigenvalue weighted by Gasteiger charge is -2.36. The van der Waals surface area contributed by atoms with Crippen molar-refractivity contribution >= 4 is 30.3 Å². The number of carbonyl (C=O) groups is 3. The molecule has 0 saturated heterocycles. The second kappa shape index (κ2) is 12.4. The fourth-order valence-corrected chi connectivity index (χ4v) is 4.06. The number of hydrogen-bond acceptors (Lipinski definition) is 5. The topological polar surface area (TPSA) is 95.9 Å². The van der Waals surface area contributed by atoms with Crippen LogP contribution in [0.25, 0.3) is 0 Å². The van der Waals surface area contributed by atoms with Crippen molar-refractivity contribution in [2.75, 3.05) is 6.61 Å². The molecule has 0 fully saturated rings. The largest absolute Gasteiger partial charge is 0.480 e. The van der Waals surface area contributed by atoms with E-state index in [4.69, 9.17) is 4.74 Å². The van der Waals surface area contributed by atoms with Crippen LogP contribution in [0, 0.1) is 0 Å². The predicted molar refractivity (Wildman–Crippen MR) is 127 cm³/mol. The zero-order chi connectivity index (χ0) is 23.1. The minimum atomic E-state index is -1.04. The number of carboxylic acids is 1. The van der Waals surface area contributed by atoms with Gasteiger partial charge in [0.2, 0.25) is 5.91 Å². The molecule has 3 rings (SSSR count). The Morgan fingerprint density at radius 1 is 1.09 bits per heavy atom. The van der Waals surface area contributed by atoms with Crippen LogP contribution in [-0.4, -0.2) is 52.6 Å². The number of amides is 1. The Morgan fingerprint density at radius 2 is 1.73 bits per heavy atom. The maximum atomic E-state index is 13.3. The van der Waals surface area contributed by atoms with Gasteiger partial charge in [0.15, 0.2) is 0 Å². The second-order valence-corrected chi connectivity index (χ2v) is 8.01. The molecule has 0 aromatic heterocycles. The summed E-state index contributed by atoms with van der Waals surface area (Å²) in [6.45, 7) is 3.88. The summed E-state index contributed by atoms with van der Waals surface area (Å²) in [5, 5.41) is 12.8. The number of halogens is 1. The summed E-state index contributed by atoms with van der Waals surface area (Å²) in [7, 11) is 0. The quantitative estimate of drug-likeness (QED) is 0.542. The summed E-state index contributed by atoms with van der Waals surface area (Å²) in [5.74, 6) is -1.80. The normalized spacial score (nSPS) is 16.7. The average molecular weight is 475 g/mol. The summed E-state index contributed by atoms with van der Waals surface area (Å²) >= 11 is 0. The van der Waals surface area contributed by atoms with Crippen molar-refractivity contribution in [1.29, 1.82) is 0 Å². The van der Waals surface area contributed by atoms with Crippen molar-refractivity contribution in [3.63, 3.8) is 0 Å². The Bertz CT molecular complexity index is 953. The molecule has 7 nitrogen and oxygen atoms in total. The summed E-state index contributed by atoms with van der Waals surface area (Å²) in [6.07, 6.45) is 1.37. The van der Waals surface area contributed by atoms with Crippen molar-refractivity contribution in [1.82, 2.24) is 10.2 Å². The van der Waals surface area contributed by atoms with Gasteiger partial charge in [-0.25, -0.2) is 4.79 Å². The first kappa shape index (κ1) is 26.4. The lowest BCUT2D eigenvalue weighted by Crippen LogP contribution is -2.56. The molecule has 3 atom stereocenters. The third-order valence-corrected chi connectivity index (χ3v) is 5.77. The van der Waals surface area contributed by atoms with Crippen molar-refractivity contribution in [3.05, 3.63) is 71.3 Å². The first-order valence-electron chi connectivity index (χ1n) is 11.0. The van der Waals surface area contributed by atoms with E-state index in [1.165, 1.54) is 4.90 Å². The highest BCUT2D eigenvalue weighted by Crippen LogP contribution is 2.24. The van der Waals surface area contributed by atoms with Crippen LogP contribution in [-0.2, 0) is 38.5 Å². The molecule has 1 aliphatic rings. The van der Waals surface area contributed by atoms with E-state index in [1.807, 2.05) is 54.6 Å². The molecule has 178 valence electrons. The average Bonchev–Trinajstić information content (AvgIpc) is 2.80. The molecule has 0 saturated carbocycles. The van der Waals surface area contributed by atoms with Crippen LogP contribution < -0.4 is 5.32 Å². The highest BCUT2D eigenvalue weighted by Gasteiger charge is 2.37. The summed E-state index contributed by atoms with van der Waals surface area (Å²) in [6, 6.07) is 15.0. The number of rotatable bonds is 9. The summed E-state index contributed by atoms with van der Waals surface area (Å²) in [5.41, 5.74) is 2.97. The highest BCUT2D eigenvalue weighted by atomic mass is 35.5. The van der Waals surface area contributed by atoms with Gasteiger partial charge in [0.05, 0.1) is 12.6 Å². The van der Waals surface area contributed by atoms with Gasteiger partial charge < -0.3 is 14.7 Å². The van der Waals surface area contributed by atoms with Gasteiger partial charge in [0.1, 0.15) is 12.1 Å². The number of carbonyl (C=O) groups excluding carboxylic acids is 2. The van der Waals surface area contributed by atoms with Crippen molar-refractivity contribution < 1.29 is 24.2 Å².